The Morgan fingerprint density at radius 2 is 2.00 bits per heavy atom. The predicted molar refractivity (Wildman–Crippen MR) is 118 cm³/mol. The number of hydrogen-bond donors (Lipinski definition) is 0. The standard InChI is InChI=1S/C21H18BrFN2O4S/c1-3-25-20(27)18(30-21(25)24-15-7-5-14(23)6-8-15)11-13-4-9-17(16(22)10-13)29-12-19(26)28-2/h4-11H,3,12H2,1-2H3/b18-11+,24-21?. The molecule has 1 fully saturated rings. The van der Waals surface area contributed by atoms with Gasteiger partial charge < -0.3 is 9.47 Å². The molecule has 156 valence electrons. The summed E-state index contributed by atoms with van der Waals surface area (Å²) in [6.07, 6.45) is 1.76. The Labute approximate surface area is 185 Å². The summed E-state index contributed by atoms with van der Waals surface area (Å²) in [5, 5.41) is 0.539. The third-order valence-corrected chi connectivity index (χ3v) is 5.71. The lowest BCUT2D eigenvalue weighted by molar-refractivity contribution is -0.142. The summed E-state index contributed by atoms with van der Waals surface area (Å²) in [7, 11) is 1.29. The Bertz CT molecular complexity index is 1020. The normalized spacial score (nSPS) is 16.4. The minimum Gasteiger partial charge on any atom is -0.481 e. The SMILES string of the molecule is CCN1C(=O)/C(=C\c2ccc(OCC(=O)OC)c(Br)c2)SC1=Nc1ccc(F)cc1. The Balaban J connectivity index is 1.81. The number of amidine groups is 1. The summed E-state index contributed by atoms with van der Waals surface area (Å²) < 4.78 is 23.7. The largest absolute Gasteiger partial charge is 0.481 e. The highest BCUT2D eigenvalue weighted by molar-refractivity contribution is 9.10. The second-order valence-corrected chi connectivity index (χ2v) is 7.95. The fourth-order valence-corrected chi connectivity index (χ4v) is 4.14. The highest BCUT2D eigenvalue weighted by atomic mass is 79.9. The highest BCUT2D eigenvalue weighted by Crippen LogP contribution is 2.35. The zero-order valence-electron chi connectivity index (χ0n) is 16.2. The van der Waals surface area contributed by atoms with Crippen molar-refractivity contribution in [2.24, 2.45) is 4.99 Å². The lowest BCUT2D eigenvalue weighted by Crippen LogP contribution is -2.28. The number of nitrogens with zero attached hydrogens (tertiary/aromatic N) is 2. The first-order chi connectivity index (χ1) is 14.4. The molecular formula is C21H18BrFN2O4S. The van der Waals surface area contributed by atoms with Crippen molar-refractivity contribution in [3.05, 3.63) is 63.2 Å². The van der Waals surface area contributed by atoms with Crippen LogP contribution in [-0.4, -0.2) is 42.2 Å². The number of benzene rings is 2. The topological polar surface area (TPSA) is 68.2 Å². The van der Waals surface area contributed by atoms with E-state index in [0.717, 1.165) is 5.56 Å². The highest BCUT2D eigenvalue weighted by Gasteiger charge is 2.32. The second-order valence-electron chi connectivity index (χ2n) is 6.09. The molecule has 2 aromatic rings. The first-order valence-electron chi connectivity index (χ1n) is 8.96. The van der Waals surface area contributed by atoms with Gasteiger partial charge in [0.2, 0.25) is 0 Å². The van der Waals surface area contributed by atoms with Crippen LogP contribution in [0.2, 0.25) is 0 Å². The maximum Gasteiger partial charge on any atom is 0.343 e. The molecule has 0 aromatic heterocycles. The Hall–Kier alpha value is -2.65. The Morgan fingerprint density at radius 3 is 2.63 bits per heavy atom. The summed E-state index contributed by atoms with van der Waals surface area (Å²) in [6, 6.07) is 11.1. The number of rotatable bonds is 6. The summed E-state index contributed by atoms with van der Waals surface area (Å²) >= 11 is 4.67. The Kier molecular flexibility index (Phi) is 7.28. The number of aliphatic imine (C=N–C) groups is 1. The van der Waals surface area contributed by atoms with E-state index < -0.39 is 5.97 Å². The zero-order valence-corrected chi connectivity index (χ0v) is 18.6. The molecule has 0 unspecified atom stereocenters. The average molecular weight is 493 g/mol. The fourth-order valence-electron chi connectivity index (χ4n) is 2.57. The molecule has 0 bridgehead atoms. The molecule has 1 amide bonds. The first-order valence-corrected chi connectivity index (χ1v) is 10.6. The molecular weight excluding hydrogens is 475 g/mol. The van der Waals surface area contributed by atoms with Gasteiger partial charge in [0.1, 0.15) is 11.6 Å². The fraction of sp³-hybridized carbons (Fsp3) is 0.190. The van der Waals surface area contributed by atoms with Crippen LogP contribution in [0.5, 0.6) is 5.75 Å². The number of amides is 1. The van der Waals surface area contributed by atoms with Gasteiger partial charge in [-0.15, -0.1) is 0 Å². The van der Waals surface area contributed by atoms with Gasteiger partial charge in [-0.2, -0.15) is 0 Å². The van der Waals surface area contributed by atoms with E-state index in [9.17, 15) is 14.0 Å². The molecule has 1 aliphatic rings. The summed E-state index contributed by atoms with van der Waals surface area (Å²) in [5.74, 6) is -0.479. The molecule has 3 rings (SSSR count). The van der Waals surface area contributed by atoms with E-state index in [-0.39, 0.29) is 18.3 Å². The van der Waals surface area contributed by atoms with E-state index in [1.807, 2.05) is 6.92 Å². The monoisotopic (exact) mass is 492 g/mol. The van der Waals surface area contributed by atoms with Gasteiger partial charge in [-0.05, 0) is 82.7 Å². The number of methoxy groups -OCH3 is 1. The molecule has 0 aliphatic carbocycles. The van der Waals surface area contributed by atoms with E-state index in [1.165, 1.54) is 31.0 Å². The van der Waals surface area contributed by atoms with E-state index in [0.29, 0.717) is 32.5 Å². The van der Waals surface area contributed by atoms with Gasteiger partial charge in [0.15, 0.2) is 11.8 Å². The number of thioether (sulfide) groups is 1. The summed E-state index contributed by atoms with van der Waals surface area (Å²) in [4.78, 5) is 30.6. The lowest BCUT2D eigenvalue weighted by atomic mass is 10.2. The van der Waals surface area contributed by atoms with Crippen LogP contribution in [0.1, 0.15) is 12.5 Å². The van der Waals surface area contributed by atoms with Crippen LogP contribution >= 0.6 is 27.7 Å². The number of carbonyl (C=O) groups excluding carboxylic acids is 2. The minimum atomic E-state index is -0.478. The van der Waals surface area contributed by atoms with E-state index in [1.54, 1.807) is 41.3 Å². The van der Waals surface area contributed by atoms with Crippen LogP contribution in [0, 0.1) is 5.82 Å². The second kappa shape index (κ2) is 9.90. The van der Waals surface area contributed by atoms with Crippen LogP contribution < -0.4 is 4.74 Å². The lowest BCUT2D eigenvalue weighted by Gasteiger charge is -2.11. The Morgan fingerprint density at radius 1 is 1.27 bits per heavy atom. The molecule has 30 heavy (non-hydrogen) atoms. The quantitative estimate of drug-likeness (QED) is 0.429. The maximum atomic E-state index is 13.1. The number of esters is 1. The van der Waals surface area contributed by atoms with Crippen LogP contribution in [-0.2, 0) is 14.3 Å². The molecule has 9 heteroatoms. The molecule has 1 saturated heterocycles. The molecule has 6 nitrogen and oxygen atoms in total. The van der Waals surface area contributed by atoms with Crippen LogP contribution in [0.25, 0.3) is 6.08 Å². The number of halogens is 2. The predicted octanol–water partition coefficient (Wildman–Crippen LogP) is 4.76. The molecule has 0 N–H and O–H groups in total. The molecule has 0 saturated carbocycles. The first kappa shape index (κ1) is 22.0. The van der Waals surface area contributed by atoms with Crippen LogP contribution in [0.4, 0.5) is 10.1 Å². The van der Waals surface area contributed by atoms with Crippen molar-refractivity contribution in [2.45, 2.75) is 6.92 Å². The van der Waals surface area contributed by atoms with Gasteiger partial charge in [-0.3, -0.25) is 9.69 Å². The van der Waals surface area contributed by atoms with Gasteiger partial charge >= 0.3 is 5.97 Å². The number of hydrogen-bond acceptors (Lipinski definition) is 6. The van der Waals surface area contributed by atoms with E-state index >= 15 is 0 Å². The van der Waals surface area contributed by atoms with Crippen molar-refractivity contribution >= 4 is 56.5 Å². The van der Waals surface area contributed by atoms with Crippen molar-refractivity contribution in [3.8, 4) is 5.75 Å². The van der Waals surface area contributed by atoms with E-state index in [2.05, 4.69) is 25.7 Å². The molecule has 2 aromatic carbocycles. The smallest absolute Gasteiger partial charge is 0.343 e. The van der Waals surface area contributed by atoms with Gasteiger partial charge in [0, 0.05) is 6.54 Å². The van der Waals surface area contributed by atoms with Gasteiger partial charge in [-0.25, -0.2) is 14.2 Å². The molecule has 0 spiro atoms. The minimum absolute atomic E-state index is 0.148. The average Bonchev–Trinajstić information content (AvgIpc) is 3.02. The molecule has 0 atom stereocenters. The number of carbonyl (C=O) groups is 2. The number of likely N-dealkylation sites (N-methyl/N-ethyl adjacent to an activating group) is 1. The van der Waals surface area contributed by atoms with Crippen molar-refractivity contribution in [3.63, 3.8) is 0 Å². The molecule has 0 radical (unpaired) electrons. The van der Waals surface area contributed by atoms with Crippen molar-refractivity contribution in [1.29, 1.82) is 0 Å². The third-order valence-electron chi connectivity index (χ3n) is 4.08. The van der Waals surface area contributed by atoms with Crippen molar-refractivity contribution in [2.75, 3.05) is 20.3 Å². The summed E-state index contributed by atoms with van der Waals surface area (Å²) in [6.45, 7) is 2.14. The van der Waals surface area contributed by atoms with Crippen LogP contribution in [0.3, 0.4) is 0 Å². The van der Waals surface area contributed by atoms with Crippen molar-refractivity contribution in [1.82, 2.24) is 4.90 Å². The molecule has 1 heterocycles. The maximum absolute atomic E-state index is 13.1. The zero-order chi connectivity index (χ0) is 21.7. The van der Waals surface area contributed by atoms with Crippen LogP contribution in [0.15, 0.2) is 56.8 Å². The summed E-state index contributed by atoms with van der Waals surface area (Å²) in [5.41, 5.74) is 1.35. The van der Waals surface area contributed by atoms with Crippen molar-refractivity contribution < 1.29 is 23.5 Å². The molecule has 1 aliphatic heterocycles. The van der Waals surface area contributed by atoms with Gasteiger partial charge in [0.25, 0.3) is 5.91 Å². The third kappa shape index (κ3) is 5.28. The van der Waals surface area contributed by atoms with E-state index in [4.69, 9.17) is 4.74 Å². The van der Waals surface area contributed by atoms with Gasteiger partial charge in [-0.1, -0.05) is 6.07 Å². The number of ether oxygens (including phenoxy) is 2. The van der Waals surface area contributed by atoms with Gasteiger partial charge in [0.05, 0.1) is 22.2 Å².